The summed E-state index contributed by atoms with van der Waals surface area (Å²) in [4.78, 5) is 14.3. The fourth-order valence-corrected chi connectivity index (χ4v) is 3.16. The van der Waals surface area contributed by atoms with Crippen LogP contribution in [-0.2, 0) is 4.79 Å². The molecule has 0 spiro atoms. The van der Waals surface area contributed by atoms with Crippen LogP contribution in [0.1, 0.15) is 26.2 Å². The Balaban J connectivity index is 1.58. The van der Waals surface area contributed by atoms with Gasteiger partial charge in [0.15, 0.2) is 5.82 Å². The van der Waals surface area contributed by atoms with Gasteiger partial charge in [0.1, 0.15) is 0 Å². The van der Waals surface area contributed by atoms with E-state index in [1.807, 2.05) is 36.4 Å². The molecular formula is C19H23ClN4O. The summed E-state index contributed by atoms with van der Waals surface area (Å²) >= 11 is 5.92. The third kappa shape index (κ3) is 4.48. The van der Waals surface area contributed by atoms with Gasteiger partial charge in [0, 0.05) is 36.1 Å². The molecule has 0 saturated carbocycles. The van der Waals surface area contributed by atoms with Gasteiger partial charge in [-0.25, -0.2) is 0 Å². The summed E-state index contributed by atoms with van der Waals surface area (Å²) in [6.45, 7) is 4.49. The number of hydrogen-bond acceptors (Lipinski definition) is 4. The van der Waals surface area contributed by atoms with Crippen LogP contribution in [0.5, 0.6) is 0 Å². The second-order valence-corrected chi connectivity index (χ2v) is 6.77. The minimum Gasteiger partial charge on any atom is -0.356 e. The molecule has 0 radical (unpaired) electrons. The Labute approximate surface area is 153 Å². The molecule has 5 nitrogen and oxygen atoms in total. The van der Waals surface area contributed by atoms with Gasteiger partial charge in [0.25, 0.3) is 0 Å². The van der Waals surface area contributed by atoms with Gasteiger partial charge in [-0.05, 0) is 43.5 Å². The molecule has 1 aliphatic rings. The molecule has 3 rings (SSSR count). The minimum atomic E-state index is 0.115. The van der Waals surface area contributed by atoms with Crippen molar-refractivity contribution in [3.8, 4) is 11.3 Å². The second kappa shape index (κ2) is 8.30. The number of nitrogens with zero attached hydrogens (tertiary/aromatic N) is 3. The number of halogens is 1. The zero-order valence-corrected chi connectivity index (χ0v) is 15.2. The summed E-state index contributed by atoms with van der Waals surface area (Å²) in [5, 5.41) is 12.4. The first-order valence-electron chi connectivity index (χ1n) is 8.79. The normalized spacial score (nSPS) is 15.2. The number of benzene rings is 1. The van der Waals surface area contributed by atoms with Crippen LogP contribution in [0.15, 0.2) is 36.4 Å². The van der Waals surface area contributed by atoms with Crippen LogP contribution in [0.3, 0.4) is 0 Å². The molecule has 0 bridgehead atoms. The maximum absolute atomic E-state index is 12.1. The number of nitrogens with one attached hydrogen (secondary N) is 1. The van der Waals surface area contributed by atoms with Crippen LogP contribution in [0.4, 0.5) is 5.82 Å². The number of aromatic nitrogens is 2. The number of anilines is 1. The van der Waals surface area contributed by atoms with Crippen molar-refractivity contribution in [2.45, 2.75) is 26.2 Å². The van der Waals surface area contributed by atoms with Crippen LogP contribution in [0.2, 0.25) is 5.02 Å². The summed E-state index contributed by atoms with van der Waals surface area (Å²) in [5.74, 6) is 1.17. The lowest BCUT2D eigenvalue weighted by Crippen LogP contribution is -2.41. The van der Waals surface area contributed by atoms with Crippen molar-refractivity contribution in [1.29, 1.82) is 0 Å². The molecule has 1 fully saturated rings. The minimum absolute atomic E-state index is 0.115. The first kappa shape index (κ1) is 17.7. The topological polar surface area (TPSA) is 58.1 Å². The highest BCUT2D eigenvalue weighted by Gasteiger charge is 2.25. The van der Waals surface area contributed by atoms with Gasteiger partial charge in [0.05, 0.1) is 5.69 Å². The average molecular weight is 359 g/mol. The monoisotopic (exact) mass is 358 g/mol. The van der Waals surface area contributed by atoms with E-state index in [-0.39, 0.29) is 11.8 Å². The maximum Gasteiger partial charge on any atom is 0.223 e. The van der Waals surface area contributed by atoms with Crippen LogP contribution in [0, 0.1) is 5.92 Å². The Morgan fingerprint density at radius 2 is 1.88 bits per heavy atom. The summed E-state index contributed by atoms with van der Waals surface area (Å²) in [7, 11) is 0. The van der Waals surface area contributed by atoms with E-state index in [0.29, 0.717) is 5.02 Å². The molecular weight excluding hydrogens is 336 g/mol. The highest BCUT2D eigenvalue weighted by atomic mass is 35.5. The summed E-state index contributed by atoms with van der Waals surface area (Å²) in [5.41, 5.74) is 1.82. The number of carbonyl (C=O) groups is 1. The van der Waals surface area contributed by atoms with Crippen molar-refractivity contribution in [3.63, 3.8) is 0 Å². The van der Waals surface area contributed by atoms with Gasteiger partial charge in [-0.2, -0.15) is 0 Å². The molecule has 132 valence electrons. The van der Waals surface area contributed by atoms with E-state index in [0.717, 1.165) is 56.0 Å². The molecule has 1 aromatic heterocycles. The molecule has 1 aromatic carbocycles. The lowest BCUT2D eigenvalue weighted by molar-refractivity contribution is -0.125. The SMILES string of the molecule is CCCNC(=O)C1CCN(c2ccc(-c3ccc(Cl)cc3)nn2)CC1. The molecule has 1 aliphatic heterocycles. The van der Waals surface area contributed by atoms with Gasteiger partial charge in [0.2, 0.25) is 5.91 Å². The summed E-state index contributed by atoms with van der Waals surface area (Å²) in [6, 6.07) is 11.5. The van der Waals surface area contributed by atoms with Gasteiger partial charge >= 0.3 is 0 Å². The molecule has 1 saturated heterocycles. The van der Waals surface area contributed by atoms with E-state index in [9.17, 15) is 4.79 Å². The van der Waals surface area contributed by atoms with Gasteiger partial charge in [-0.15, -0.1) is 10.2 Å². The standard InChI is InChI=1S/C19H23ClN4O/c1-2-11-21-19(25)15-9-12-24(13-10-15)18-8-7-17(22-23-18)14-3-5-16(20)6-4-14/h3-8,15H,2,9-13H2,1H3,(H,21,25). The van der Waals surface area contributed by atoms with Crippen molar-refractivity contribution >= 4 is 23.3 Å². The van der Waals surface area contributed by atoms with E-state index in [2.05, 4.69) is 27.3 Å². The van der Waals surface area contributed by atoms with Gasteiger partial charge in [-0.3, -0.25) is 4.79 Å². The number of rotatable bonds is 5. The van der Waals surface area contributed by atoms with Crippen molar-refractivity contribution in [2.24, 2.45) is 5.92 Å². The zero-order chi connectivity index (χ0) is 17.6. The molecule has 1 amide bonds. The van der Waals surface area contributed by atoms with Crippen LogP contribution < -0.4 is 10.2 Å². The van der Waals surface area contributed by atoms with Gasteiger partial charge in [-0.1, -0.05) is 30.7 Å². The van der Waals surface area contributed by atoms with Crippen LogP contribution in [-0.4, -0.2) is 35.7 Å². The Bertz CT molecular complexity index is 694. The van der Waals surface area contributed by atoms with Crippen molar-refractivity contribution in [3.05, 3.63) is 41.4 Å². The Hall–Kier alpha value is -2.14. The Morgan fingerprint density at radius 1 is 1.16 bits per heavy atom. The number of carbonyl (C=O) groups excluding carboxylic acids is 1. The van der Waals surface area contributed by atoms with Crippen molar-refractivity contribution in [1.82, 2.24) is 15.5 Å². The fourth-order valence-electron chi connectivity index (χ4n) is 3.03. The summed E-state index contributed by atoms with van der Waals surface area (Å²) < 4.78 is 0. The first-order valence-corrected chi connectivity index (χ1v) is 9.17. The highest BCUT2D eigenvalue weighted by molar-refractivity contribution is 6.30. The molecule has 1 N–H and O–H groups in total. The van der Waals surface area contributed by atoms with Crippen LogP contribution in [0.25, 0.3) is 11.3 Å². The average Bonchev–Trinajstić information content (AvgIpc) is 2.67. The predicted octanol–water partition coefficient (Wildman–Crippen LogP) is 3.54. The molecule has 6 heteroatoms. The number of hydrogen-bond donors (Lipinski definition) is 1. The lowest BCUT2D eigenvalue weighted by Gasteiger charge is -2.31. The molecule has 2 heterocycles. The van der Waals surface area contributed by atoms with E-state index in [4.69, 9.17) is 11.6 Å². The smallest absolute Gasteiger partial charge is 0.223 e. The Morgan fingerprint density at radius 3 is 2.48 bits per heavy atom. The Kier molecular flexibility index (Phi) is 5.87. The number of amides is 1. The predicted molar refractivity (Wildman–Crippen MR) is 101 cm³/mol. The first-order chi connectivity index (χ1) is 12.2. The third-order valence-electron chi connectivity index (χ3n) is 4.53. The highest BCUT2D eigenvalue weighted by Crippen LogP contribution is 2.24. The molecule has 25 heavy (non-hydrogen) atoms. The lowest BCUT2D eigenvalue weighted by atomic mass is 9.96. The zero-order valence-electron chi connectivity index (χ0n) is 14.4. The fraction of sp³-hybridized carbons (Fsp3) is 0.421. The van der Waals surface area contributed by atoms with Crippen LogP contribution >= 0.6 is 11.6 Å². The largest absolute Gasteiger partial charge is 0.356 e. The molecule has 2 aromatic rings. The number of piperidine rings is 1. The second-order valence-electron chi connectivity index (χ2n) is 6.34. The molecule has 0 atom stereocenters. The molecule has 0 aliphatic carbocycles. The van der Waals surface area contributed by atoms with E-state index in [1.165, 1.54) is 0 Å². The third-order valence-corrected chi connectivity index (χ3v) is 4.78. The van der Waals surface area contributed by atoms with Gasteiger partial charge < -0.3 is 10.2 Å². The van der Waals surface area contributed by atoms with Crippen molar-refractivity contribution in [2.75, 3.05) is 24.5 Å². The maximum atomic E-state index is 12.1. The molecule has 0 unspecified atom stereocenters. The van der Waals surface area contributed by atoms with E-state index >= 15 is 0 Å². The van der Waals surface area contributed by atoms with Crippen molar-refractivity contribution < 1.29 is 4.79 Å². The van der Waals surface area contributed by atoms with E-state index < -0.39 is 0 Å². The summed E-state index contributed by atoms with van der Waals surface area (Å²) in [6.07, 6.45) is 2.69. The quantitative estimate of drug-likeness (QED) is 0.888. The van der Waals surface area contributed by atoms with E-state index in [1.54, 1.807) is 0 Å².